The monoisotopic (exact) mass is 454 g/mol. The van der Waals surface area contributed by atoms with E-state index in [4.69, 9.17) is 0 Å². The van der Waals surface area contributed by atoms with Crippen molar-refractivity contribution in [3.05, 3.63) is 45.4 Å². The van der Waals surface area contributed by atoms with E-state index in [1.54, 1.807) is 12.3 Å². The number of hydrogen-bond acceptors (Lipinski definition) is 6. The second kappa shape index (κ2) is 7.74. The highest BCUT2D eigenvalue weighted by molar-refractivity contribution is 9.10. The summed E-state index contributed by atoms with van der Waals surface area (Å²) < 4.78 is 2.39. The van der Waals surface area contributed by atoms with E-state index >= 15 is 0 Å². The first-order valence-electron chi connectivity index (χ1n) is 10.2. The van der Waals surface area contributed by atoms with Crippen molar-refractivity contribution in [3.8, 4) is 0 Å². The Morgan fingerprint density at radius 1 is 1.03 bits per heavy atom. The number of aromatic nitrogens is 4. The standard InChI is InChI=1S/C21H23BrN6O/c22-17-11-14-12-24-21(26-19(14)28(20(17)29)15-5-1-2-6-15)25-18-8-7-16(13-23-18)27-9-3-4-10-27/h7-8,11-13,15H,1-6,9-10H2,(H,23,24,25,26). The van der Waals surface area contributed by atoms with Crippen molar-refractivity contribution < 1.29 is 0 Å². The summed E-state index contributed by atoms with van der Waals surface area (Å²) in [6.07, 6.45) is 10.4. The van der Waals surface area contributed by atoms with Crippen LogP contribution in [0.5, 0.6) is 0 Å². The van der Waals surface area contributed by atoms with Gasteiger partial charge in [-0.2, -0.15) is 4.98 Å². The number of pyridine rings is 2. The summed E-state index contributed by atoms with van der Waals surface area (Å²) in [6, 6.07) is 6.03. The summed E-state index contributed by atoms with van der Waals surface area (Å²) in [4.78, 5) is 28.8. The maximum Gasteiger partial charge on any atom is 0.266 e. The maximum absolute atomic E-state index is 12.8. The number of hydrogen-bond donors (Lipinski definition) is 1. The molecule has 0 bridgehead atoms. The van der Waals surface area contributed by atoms with Gasteiger partial charge < -0.3 is 10.2 Å². The number of anilines is 3. The minimum atomic E-state index is -0.0258. The summed E-state index contributed by atoms with van der Waals surface area (Å²) in [7, 11) is 0. The van der Waals surface area contributed by atoms with Crippen LogP contribution in [0.25, 0.3) is 11.0 Å². The van der Waals surface area contributed by atoms with Crippen LogP contribution in [0.15, 0.2) is 39.9 Å². The molecule has 2 fully saturated rings. The van der Waals surface area contributed by atoms with Gasteiger partial charge in [-0.25, -0.2) is 9.97 Å². The predicted octanol–water partition coefficient (Wildman–Crippen LogP) is 4.41. The summed E-state index contributed by atoms with van der Waals surface area (Å²) in [5.41, 5.74) is 1.80. The van der Waals surface area contributed by atoms with Crippen molar-refractivity contribution in [2.75, 3.05) is 23.3 Å². The fourth-order valence-corrected chi connectivity index (χ4v) is 4.82. The highest BCUT2D eigenvalue weighted by atomic mass is 79.9. The SMILES string of the molecule is O=c1c(Br)cc2cnc(Nc3ccc(N4CCCC4)cn3)nc2n1C1CCCC1. The van der Waals surface area contributed by atoms with E-state index in [1.165, 1.54) is 12.8 Å². The van der Waals surface area contributed by atoms with Crippen LogP contribution in [0.3, 0.4) is 0 Å². The van der Waals surface area contributed by atoms with E-state index in [0.29, 0.717) is 21.9 Å². The predicted molar refractivity (Wildman–Crippen MR) is 118 cm³/mol. The Morgan fingerprint density at radius 2 is 1.83 bits per heavy atom. The van der Waals surface area contributed by atoms with Gasteiger partial charge in [-0.1, -0.05) is 12.8 Å². The molecule has 29 heavy (non-hydrogen) atoms. The molecule has 0 unspecified atom stereocenters. The lowest BCUT2D eigenvalue weighted by Crippen LogP contribution is -2.25. The smallest absolute Gasteiger partial charge is 0.266 e. The van der Waals surface area contributed by atoms with Crippen molar-refractivity contribution in [2.45, 2.75) is 44.6 Å². The van der Waals surface area contributed by atoms with Gasteiger partial charge in [-0.05, 0) is 59.8 Å². The van der Waals surface area contributed by atoms with Gasteiger partial charge in [0, 0.05) is 30.7 Å². The van der Waals surface area contributed by atoms with Gasteiger partial charge in [0.2, 0.25) is 5.95 Å². The molecule has 7 nitrogen and oxygen atoms in total. The van der Waals surface area contributed by atoms with Crippen LogP contribution in [-0.4, -0.2) is 32.6 Å². The van der Waals surface area contributed by atoms with Gasteiger partial charge in [0.1, 0.15) is 11.5 Å². The van der Waals surface area contributed by atoms with E-state index in [1.807, 2.05) is 16.8 Å². The highest BCUT2D eigenvalue weighted by Gasteiger charge is 2.22. The first-order valence-corrected chi connectivity index (χ1v) is 11.0. The normalized spacial score (nSPS) is 17.3. The summed E-state index contributed by atoms with van der Waals surface area (Å²) >= 11 is 3.40. The number of fused-ring (bicyclic) bond motifs is 1. The largest absolute Gasteiger partial charge is 0.370 e. The molecule has 3 aromatic heterocycles. The molecular formula is C21H23BrN6O. The Bertz CT molecular complexity index is 1080. The van der Waals surface area contributed by atoms with Gasteiger partial charge in [-0.3, -0.25) is 9.36 Å². The molecule has 2 aliphatic rings. The third kappa shape index (κ3) is 3.61. The van der Waals surface area contributed by atoms with Crippen molar-refractivity contribution in [2.24, 2.45) is 0 Å². The molecule has 1 N–H and O–H groups in total. The van der Waals surface area contributed by atoms with Gasteiger partial charge in [-0.15, -0.1) is 0 Å². The van der Waals surface area contributed by atoms with E-state index in [9.17, 15) is 4.79 Å². The molecule has 8 heteroatoms. The molecule has 3 aromatic rings. The van der Waals surface area contributed by atoms with Crippen LogP contribution in [0, 0.1) is 0 Å². The van der Waals surface area contributed by atoms with Crippen LogP contribution in [-0.2, 0) is 0 Å². The molecule has 0 spiro atoms. The second-order valence-electron chi connectivity index (χ2n) is 7.80. The average molecular weight is 455 g/mol. The Hall–Kier alpha value is -2.48. The van der Waals surface area contributed by atoms with E-state index in [-0.39, 0.29) is 11.6 Å². The topological polar surface area (TPSA) is 75.9 Å². The number of rotatable bonds is 4. The average Bonchev–Trinajstić information content (AvgIpc) is 3.44. The first-order chi connectivity index (χ1) is 14.2. The molecule has 1 aliphatic carbocycles. The fourth-order valence-electron chi connectivity index (χ4n) is 4.38. The summed E-state index contributed by atoms with van der Waals surface area (Å²) in [5.74, 6) is 1.14. The van der Waals surface area contributed by atoms with E-state index in [0.717, 1.165) is 49.8 Å². The zero-order valence-corrected chi connectivity index (χ0v) is 17.7. The molecular weight excluding hydrogens is 432 g/mol. The molecule has 0 amide bonds. The van der Waals surface area contributed by atoms with Crippen LogP contribution in [0.2, 0.25) is 0 Å². The maximum atomic E-state index is 12.8. The molecule has 150 valence electrons. The molecule has 0 aromatic carbocycles. The molecule has 5 rings (SSSR count). The zero-order valence-electron chi connectivity index (χ0n) is 16.1. The van der Waals surface area contributed by atoms with Gasteiger partial charge in [0.05, 0.1) is 16.4 Å². The first kappa shape index (κ1) is 18.5. The molecule has 1 saturated carbocycles. The zero-order chi connectivity index (χ0) is 19.8. The van der Waals surface area contributed by atoms with Crippen LogP contribution < -0.4 is 15.8 Å². The third-order valence-electron chi connectivity index (χ3n) is 5.88. The number of nitrogens with one attached hydrogen (secondary N) is 1. The van der Waals surface area contributed by atoms with Crippen LogP contribution in [0.4, 0.5) is 17.5 Å². The Labute approximate surface area is 177 Å². The van der Waals surface area contributed by atoms with Crippen LogP contribution >= 0.6 is 15.9 Å². The minimum Gasteiger partial charge on any atom is -0.370 e. The summed E-state index contributed by atoms with van der Waals surface area (Å²) in [5, 5.41) is 4.04. The minimum absolute atomic E-state index is 0.0258. The Morgan fingerprint density at radius 3 is 2.55 bits per heavy atom. The molecule has 1 saturated heterocycles. The lowest BCUT2D eigenvalue weighted by Gasteiger charge is -2.18. The Balaban J connectivity index is 1.47. The molecule has 0 radical (unpaired) electrons. The van der Waals surface area contributed by atoms with Crippen molar-refractivity contribution in [1.29, 1.82) is 0 Å². The van der Waals surface area contributed by atoms with Gasteiger partial charge >= 0.3 is 0 Å². The van der Waals surface area contributed by atoms with Crippen molar-refractivity contribution >= 4 is 44.4 Å². The number of halogens is 1. The highest BCUT2D eigenvalue weighted by Crippen LogP contribution is 2.31. The van der Waals surface area contributed by atoms with Gasteiger partial charge in [0.15, 0.2) is 0 Å². The lowest BCUT2D eigenvalue weighted by atomic mass is 10.2. The number of nitrogens with zero attached hydrogens (tertiary/aromatic N) is 5. The fraction of sp³-hybridized carbons (Fsp3) is 0.429. The molecule has 1 aliphatic heterocycles. The quantitative estimate of drug-likeness (QED) is 0.628. The van der Waals surface area contributed by atoms with E-state index < -0.39 is 0 Å². The third-order valence-corrected chi connectivity index (χ3v) is 6.45. The molecule has 4 heterocycles. The Kier molecular flexibility index (Phi) is 4.95. The lowest BCUT2D eigenvalue weighted by molar-refractivity contribution is 0.514. The van der Waals surface area contributed by atoms with Gasteiger partial charge in [0.25, 0.3) is 5.56 Å². The molecule has 0 atom stereocenters. The van der Waals surface area contributed by atoms with Crippen LogP contribution in [0.1, 0.15) is 44.6 Å². The van der Waals surface area contributed by atoms with Crippen molar-refractivity contribution in [3.63, 3.8) is 0 Å². The van der Waals surface area contributed by atoms with E-state index in [2.05, 4.69) is 47.2 Å². The van der Waals surface area contributed by atoms with Crippen molar-refractivity contribution in [1.82, 2.24) is 19.5 Å². The second-order valence-corrected chi connectivity index (χ2v) is 8.65. The summed E-state index contributed by atoms with van der Waals surface area (Å²) in [6.45, 7) is 2.19.